The van der Waals surface area contributed by atoms with E-state index in [1.165, 1.54) is 12.1 Å². The number of hydrogen-bond acceptors (Lipinski definition) is 2. The molecule has 0 bridgehead atoms. The van der Waals surface area contributed by atoms with Gasteiger partial charge in [0.05, 0.1) is 5.56 Å². The zero-order valence-electron chi connectivity index (χ0n) is 12.1. The molecule has 2 rings (SSSR count). The lowest BCUT2D eigenvalue weighted by atomic mass is 10.2. The quantitative estimate of drug-likeness (QED) is 0.633. The van der Waals surface area contributed by atoms with E-state index in [2.05, 4.69) is 22.6 Å². The van der Waals surface area contributed by atoms with Gasteiger partial charge in [0.25, 0.3) is 0 Å². The van der Waals surface area contributed by atoms with Gasteiger partial charge in [-0.2, -0.15) is 13.2 Å². The highest BCUT2D eigenvalue weighted by Crippen LogP contribution is 2.32. The first-order valence-corrected chi connectivity index (χ1v) is 7.62. The first-order valence-electron chi connectivity index (χ1n) is 6.54. The third kappa shape index (κ3) is 4.61. The first-order chi connectivity index (χ1) is 10.3. The molecule has 2 aromatic rings. The van der Waals surface area contributed by atoms with Crippen molar-refractivity contribution in [2.45, 2.75) is 12.7 Å². The molecule has 0 unspecified atom stereocenters. The Morgan fingerprint density at radius 3 is 2.23 bits per heavy atom. The summed E-state index contributed by atoms with van der Waals surface area (Å²) in [4.78, 5) is 2.00. The number of rotatable bonds is 4. The number of halogens is 4. The zero-order chi connectivity index (χ0) is 16.3. The van der Waals surface area contributed by atoms with Crippen LogP contribution < -0.4 is 4.74 Å². The van der Waals surface area contributed by atoms with Gasteiger partial charge in [0.2, 0.25) is 0 Å². The molecule has 22 heavy (non-hydrogen) atoms. The van der Waals surface area contributed by atoms with Crippen molar-refractivity contribution >= 4 is 22.6 Å². The number of hydrogen-bond donors (Lipinski definition) is 0. The zero-order valence-corrected chi connectivity index (χ0v) is 14.3. The summed E-state index contributed by atoms with van der Waals surface area (Å²) in [5.74, 6) is 1.03. The minimum Gasteiger partial charge on any atom is -0.457 e. The normalized spacial score (nSPS) is 11.8. The highest BCUT2D eigenvalue weighted by molar-refractivity contribution is 14.1. The van der Waals surface area contributed by atoms with Crippen molar-refractivity contribution in [1.29, 1.82) is 0 Å². The van der Waals surface area contributed by atoms with Crippen LogP contribution in [-0.4, -0.2) is 19.0 Å². The van der Waals surface area contributed by atoms with E-state index in [1.54, 1.807) is 0 Å². The SMILES string of the molecule is CN(C)Cc1cc(I)ccc1Oc1ccc(C(F)(F)F)cc1. The summed E-state index contributed by atoms with van der Waals surface area (Å²) in [6, 6.07) is 10.4. The highest BCUT2D eigenvalue weighted by Gasteiger charge is 2.30. The average Bonchev–Trinajstić information content (AvgIpc) is 2.41. The topological polar surface area (TPSA) is 12.5 Å². The molecule has 0 aliphatic heterocycles. The molecule has 0 saturated carbocycles. The van der Waals surface area contributed by atoms with Crippen LogP contribution in [0.1, 0.15) is 11.1 Å². The maximum atomic E-state index is 12.6. The van der Waals surface area contributed by atoms with E-state index in [0.29, 0.717) is 18.0 Å². The van der Waals surface area contributed by atoms with E-state index in [1.807, 2.05) is 37.2 Å². The van der Waals surface area contributed by atoms with Gasteiger partial charge in [-0.1, -0.05) is 0 Å². The molecular weight excluding hydrogens is 406 g/mol. The van der Waals surface area contributed by atoms with Gasteiger partial charge in [-0.15, -0.1) is 0 Å². The predicted molar refractivity (Wildman–Crippen MR) is 88.1 cm³/mol. The smallest absolute Gasteiger partial charge is 0.416 e. The Kier molecular flexibility index (Phi) is 5.33. The molecular formula is C16H15F3INO. The lowest BCUT2D eigenvalue weighted by Gasteiger charge is -2.15. The Hall–Kier alpha value is -1.28. The van der Waals surface area contributed by atoms with Gasteiger partial charge in [-0.25, -0.2) is 0 Å². The van der Waals surface area contributed by atoms with Crippen LogP contribution in [0.25, 0.3) is 0 Å². The summed E-state index contributed by atoms with van der Waals surface area (Å²) in [6.45, 7) is 0.687. The summed E-state index contributed by atoms with van der Waals surface area (Å²) in [6.07, 6.45) is -4.34. The molecule has 0 spiro atoms. The van der Waals surface area contributed by atoms with Gasteiger partial charge in [0, 0.05) is 15.7 Å². The van der Waals surface area contributed by atoms with Gasteiger partial charge in [0.1, 0.15) is 11.5 Å². The summed E-state index contributed by atoms with van der Waals surface area (Å²) >= 11 is 2.21. The summed E-state index contributed by atoms with van der Waals surface area (Å²) in [5, 5.41) is 0. The van der Waals surface area contributed by atoms with Gasteiger partial charge < -0.3 is 9.64 Å². The fourth-order valence-corrected chi connectivity index (χ4v) is 2.51. The fourth-order valence-electron chi connectivity index (χ4n) is 1.95. The van der Waals surface area contributed by atoms with Crippen molar-refractivity contribution < 1.29 is 17.9 Å². The maximum absolute atomic E-state index is 12.6. The molecule has 2 aromatic carbocycles. The van der Waals surface area contributed by atoms with E-state index >= 15 is 0 Å². The van der Waals surface area contributed by atoms with Crippen LogP contribution in [0.5, 0.6) is 11.5 Å². The minimum absolute atomic E-state index is 0.384. The third-order valence-electron chi connectivity index (χ3n) is 2.92. The minimum atomic E-state index is -4.34. The van der Waals surface area contributed by atoms with E-state index < -0.39 is 11.7 Å². The van der Waals surface area contributed by atoms with Crippen LogP contribution in [0, 0.1) is 3.57 Å². The second-order valence-electron chi connectivity index (χ2n) is 5.11. The number of benzene rings is 2. The Bertz CT molecular complexity index is 639. The predicted octanol–water partition coefficient (Wildman–Crippen LogP) is 5.16. The Morgan fingerprint density at radius 1 is 1.05 bits per heavy atom. The van der Waals surface area contributed by atoms with Gasteiger partial charge in [0.15, 0.2) is 0 Å². The largest absolute Gasteiger partial charge is 0.457 e. The lowest BCUT2D eigenvalue weighted by molar-refractivity contribution is -0.137. The molecule has 118 valence electrons. The van der Waals surface area contributed by atoms with Crippen LogP contribution in [0.15, 0.2) is 42.5 Å². The molecule has 0 aliphatic carbocycles. The van der Waals surface area contributed by atoms with Crippen molar-refractivity contribution in [3.63, 3.8) is 0 Å². The Morgan fingerprint density at radius 2 is 1.68 bits per heavy atom. The Balaban J connectivity index is 2.23. The number of nitrogens with zero attached hydrogens (tertiary/aromatic N) is 1. The van der Waals surface area contributed by atoms with Gasteiger partial charge >= 0.3 is 6.18 Å². The summed E-state index contributed by atoms with van der Waals surface area (Å²) < 4.78 is 44.5. The molecule has 0 heterocycles. The molecule has 0 radical (unpaired) electrons. The van der Waals surface area contributed by atoms with Crippen LogP contribution in [-0.2, 0) is 12.7 Å². The molecule has 0 saturated heterocycles. The molecule has 6 heteroatoms. The fraction of sp³-hybridized carbons (Fsp3) is 0.250. The van der Waals surface area contributed by atoms with E-state index in [-0.39, 0.29) is 0 Å². The number of alkyl halides is 3. The maximum Gasteiger partial charge on any atom is 0.416 e. The Labute approximate surface area is 141 Å². The summed E-state index contributed by atoms with van der Waals surface area (Å²) in [7, 11) is 3.89. The van der Waals surface area contributed by atoms with E-state index in [9.17, 15) is 13.2 Å². The van der Waals surface area contributed by atoms with Crippen LogP contribution in [0.3, 0.4) is 0 Å². The van der Waals surface area contributed by atoms with Gasteiger partial charge in [-0.05, 0) is 79.2 Å². The first kappa shape index (κ1) is 17.1. The number of ether oxygens (including phenoxy) is 1. The average molecular weight is 421 g/mol. The molecule has 0 aliphatic rings. The second kappa shape index (κ2) is 6.87. The monoisotopic (exact) mass is 421 g/mol. The molecule has 0 fully saturated rings. The third-order valence-corrected chi connectivity index (χ3v) is 3.59. The van der Waals surface area contributed by atoms with E-state index in [4.69, 9.17) is 4.74 Å². The van der Waals surface area contributed by atoms with Crippen molar-refractivity contribution in [2.24, 2.45) is 0 Å². The molecule has 0 N–H and O–H groups in total. The van der Waals surface area contributed by atoms with Crippen LogP contribution in [0.2, 0.25) is 0 Å². The summed E-state index contributed by atoms with van der Waals surface area (Å²) in [5.41, 5.74) is 0.299. The highest BCUT2D eigenvalue weighted by atomic mass is 127. The van der Waals surface area contributed by atoms with Crippen LogP contribution in [0.4, 0.5) is 13.2 Å². The van der Waals surface area contributed by atoms with Crippen molar-refractivity contribution in [1.82, 2.24) is 4.90 Å². The lowest BCUT2D eigenvalue weighted by Crippen LogP contribution is -2.11. The van der Waals surface area contributed by atoms with E-state index in [0.717, 1.165) is 21.3 Å². The molecule has 0 atom stereocenters. The standard InChI is InChI=1S/C16H15F3INO/c1-21(2)10-11-9-13(20)5-8-15(11)22-14-6-3-12(4-7-14)16(17,18)19/h3-9H,10H2,1-2H3. The second-order valence-corrected chi connectivity index (χ2v) is 6.36. The van der Waals surface area contributed by atoms with Gasteiger partial charge in [-0.3, -0.25) is 0 Å². The molecule has 0 aromatic heterocycles. The van der Waals surface area contributed by atoms with Crippen molar-refractivity contribution in [2.75, 3.05) is 14.1 Å². The van der Waals surface area contributed by atoms with Crippen LogP contribution >= 0.6 is 22.6 Å². The van der Waals surface area contributed by atoms with Crippen molar-refractivity contribution in [3.8, 4) is 11.5 Å². The van der Waals surface area contributed by atoms with Crippen molar-refractivity contribution in [3.05, 3.63) is 57.2 Å². The molecule has 0 amide bonds. The molecule has 2 nitrogen and oxygen atoms in total.